The molecular weight excluding hydrogens is 200 g/mol. The van der Waals surface area contributed by atoms with Gasteiger partial charge in [0.2, 0.25) is 0 Å². The largest absolute Gasteiger partial charge is 0.387 e. The standard InChI is InChI=1S/C14H20O2/c1-3-16-10-14(2,15)13-9-12(13)11-7-5-4-6-8-11/h4-8,12-13,15H,3,9-10H2,1-2H3. The molecule has 88 valence electrons. The van der Waals surface area contributed by atoms with E-state index in [0.717, 1.165) is 6.42 Å². The summed E-state index contributed by atoms with van der Waals surface area (Å²) in [4.78, 5) is 0. The smallest absolute Gasteiger partial charge is 0.0886 e. The summed E-state index contributed by atoms with van der Waals surface area (Å²) in [5.41, 5.74) is 0.653. The fourth-order valence-corrected chi connectivity index (χ4v) is 2.37. The second-order valence-electron chi connectivity index (χ2n) is 4.85. The first-order valence-electron chi connectivity index (χ1n) is 6.00. The summed E-state index contributed by atoms with van der Waals surface area (Å²) in [6.07, 6.45) is 1.07. The summed E-state index contributed by atoms with van der Waals surface area (Å²) >= 11 is 0. The molecule has 16 heavy (non-hydrogen) atoms. The normalized spacial score (nSPS) is 27.4. The van der Waals surface area contributed by atoms with E-state index in [1.807, 2.05) is 19.9 Å². The average molecular weight is 220 g/mol. The van der Waals surface area contributed by atoms with Crippen molar-refractivity contribution >= 4 is 0 Å². The lowest BCUT2D eigenvalue weighted by molar-refractivity contribution is -0.0465. The van der Waals surface area contributed by atoms with Gasteiger partial charge in [0.25, 0.3) is 0 Å². The molecule has 1 N–H and O–H groups in total. The van der Waals surface area contributed by atoms with E-state index in [1.165, 1.54) is 5.56 Å². The van der Waals surface area contributed by atoms with Crippen LogP contribution in [0.5, 0.6) is 0 Å². The molecule has 0 heterocycles. The third-order valence-electron chi connectivity index (χ3n) is 3.42. The van der Waals surface area contributed by atoms with E-state index in [-0.39, 0.29) is 0 Å². The summed E-state index contributed by atoms with van der Waals surface area (Å²) in [6, 6.07) is 10.4. The van der Waals surface area contributed by atoms with Crippen molar-refractivity contribution in [1.29, 1.82) is 0 Å². The Hall–Kier alpha value is -0.860. The number of hydrogen-bond acceptors (Lipinski definition) is 2. The summed E-state index contributed by atoms with van der Waals surface area (Å²) in [6.45, 7) is 4.95. The van der Waals surface area contributed by atoms with E-state index in [1.54, 1.807) is 0 Å². The Morgan fingerprint density at radius 2 is 2.06 bits per heavy atom. The minimum absolute atomic E-state index is 0.349. The van der Waals surface area contributed by atoms with E-state index >= 15 is 0 Å². The van der Waals surface area contributed by atoms with Crippen molar-refractivity contribution in [2.24, 2.45) is 5.92 Å². The van der Waals surface area contributed by atoms with Gasteiger partial charge in [-0.15, -0.1) is 0 Å². The second-order valence-corrected chi connectivity index (χ2v) is 4.85. The molecular formula is C14H20O2. The van der Waals surface area contributed by atoms with Crippen molar-refractivity contribution in [2.45, 2.75) is 31.8 Å². The molecule has 0 amide bonds. The zero-order valence-electron chi connectivity index (χ0n) is 10.0. The minimum atomic E-state index is -0.684. The predicted octanol–water partition coefficient (Wildman–Crippen LogP) is 2.58. The van der Waals surface area contributed by atoms with Gasteiger partial charge in [-0.05, 0) is 37.7 Å². The summed E-state index contributed by atoms with van der Waals surface area (Å²) in [5.74, 6) is 0.859. The topological polar surface area (TPSA) is 29.5 Å². The second kappa shape index (κ2) is 4.56. The molecule has 3 atom stereocenters. The molecule has 1 fully saturated rings. The molecule has 1 aliphatic carbocycles. The van der Waals surface area contributed by atoms with Crippen LogP contribution in [0.25, 0.3) is 0 Å². The SMILES string of the molecule is CCOCC(C)(O)C1CC1c1ccccc1. The van der Waals surface area contributed by atoms with Crippen LogP contribution in [0, 0.1) is 5.92 Å². The van der Waals surface area contributed by atoms with Crippen LogP contribution in [0.2, 0.25) is 0 Å². The molecule has 0 aromatic heterocycles. The highest BCUT2D eigenvalue weighted by atomic mass is 16.5. The monoisotopic (exact) mass is 220 g/mol. The Morgan fingerprint density at radius 3 is 2.69 bits per heavy atom. The summed E-state index contributed by atoms with van der Waals surface area (Å²) in [5, 5.41) is 10.3. The van der Waals surface area contributed by atoms with Gasteiger partial charge >= 0.3 is 0 Å². The van der Waals surface area contributed by atoms with Gasteiger partial charge < -0.3 is 9.84 Å². The van der Waals surface area contributed by atoms with E-state index < -0.39 is 5.60 Å². The van der Waals surface area contributed by atoms with Gasteiger partial charge in [-0.2, -0.15) is 0 Å². The van der Waals surface area contributed by atoms with Gasteiger partial charge in [0.05, 0.1) is 12.2 Å². The van der Waals surface area contributed by atoms with Crippen LogP contribution in [0.1, 0.15) is 31.7 Å². The number of rotatable bonds is 5. The van der Waals surface area contributed by atoms with Gasteiger partial charge in [-0.3, -0.25) is 0 Å². The van der Waals surface area contributed by atoms with Crippen LogP contribution in [0.3, 0.4) is 0 Å². The highest BCUT2D eigenvalue weighted by molar-refractivity contribution is 5.27. The lowest BCUT2D eigenvalue weighted by atomic mass is 9.97. The molecule has 0 spiro atoms. The Morgan fingerprint density at radius 1 is 1.38 bits per heavy atom. The van der Waals surface area contributed by atoms with Crippen LogP contribution < -0.4 is 0 Å². The first-order chi connectivity index (χ1) is 7.65. The summed E-state index contributed by atoms with van der Waals surface area (Å²) in [7, 11) is 0. The van der Waals surface area contributed by atoms with E-state index in [0.29, 0.717) is 25.0 Å². The number of aliphatic hydroxyl groups is 1. The third kappa shape index (κ3) is 2.45. The van der Waals surface area contributed by atoms with Crippen molar-refractivity contribution in [3.05, 3.63) is 35.9 Å². The molecule has 1 aromatic rings. The predicted molar refractivity (Wildman–Crippen MR) is 64.4 cm³/mol. The fraction of sp³-hybridized carbons (Fsp3) is 0.571. The Balaban J connectivity index is 1.95. The quantitative estimate of drug-likeness (QED) is 0.826. The number of hydrogen-bond donors (Lipinski definition) is 1. The van der Waals surface area contributed by atoms with Crippen LogP contribution in [-0.2, 0) is 4.74 Å². The molecule has 0 aliphatic heterocycles. The van der Waals surface area contributed by atoms with E-state index in [2.05, 4.69) is 24.3 Å². The molecule has 2 heteroatoms. The van der Waals surface area contributed by atoms with Crippen molar-refractivity contribution in [3.63, 3.8) is 0 Å². The number of ether oxygens (including phenoxy) is 1. The molecule has 1 aromatic carbocycles. The fourth-order valence-electron chi connectivity index (χ4n) is 2.37. The molecule has 0 saturated heterocycles. The lowest BCUT2D eigenvalue weighted by Crippen LogP contribution is -2.33. The molecule has 2 rings (SSSR count). The maximum absolute atomic E-state index is 10.3. The third-order valence-corrected chi connectivity index (χ3v) is 3.42. The first-order valence-corrected chi connectivity index (χ1v) is 6.00. The molecule has 1 saturated carbocycles. The zero-order valence-corrected chi connectivity index (χ0v) is 10.0. The van der Waals surface area contributed by atoms with Crippen LogP contribution in [0.4, 0.5) is 0 Å². The maximum atomic E-state index is 10.3. The van der Waals surface area contributed by atoms with Crippen molar-refractivity contribution in [2.75, 3.05) is 13.2 Å². The van der Waals surface area contributed by atoms with Gasteiger partial charge in [-0.25, -0.2) is 0 Å². The molecule has 2 nitrogen and oxygen atoms in total. The first kappa shape index (κ1) is 11.6. The summed E-state index contributed by atoms with van der Waals surface area (Å²) < 4.78 is 5.33. The highest BCUT2D eigenvalue weighted by Crippen LogP contribution is 2.53. The van der Waals surface area contributed by atoms with Crippen LogP contribution in [0.15, 0.2) is 30.3 Å². The van der Waals surface area contributed by atoms with Crippen molar-refractivity contribution in [1.82, 2.24) is 0 Å². The zero-order chi connectivity index (χ0) is 11.6. The average Bonchev–Trinajstić information content (AvgIpc) is 3.08. The van der Waals surface area contributed by atoms with Gasteiger partial charge in [0, 0.05) is 6.61 Å². The van der Waals surface area contributed by atoms with E-state index in [9.17, 15) is 5.11 Å². The van der Waals surface area contributed by atoms with Crippen molar-refractivity contribution in [3.8, 4) is 0 Å². The Labute approximate surface area is 97.3 Å². The molecule has 0 radical (unpaired) electrons. The van der Waals surface area contributed by atoms with E-state index in [4.69, 9.17) is 4.74 Å². The number of benzene rings is 1. The molecule has 1 aliphatic rings. The minimum Gasteiger partial charge on any atom is -0.387 e. The van der Waals surface area contributed by atoms with Crippen molar-refractivity contribution < 1.29 is 9.84 Å². The highest BCUT2D eigenvalue weighted by Gasteiger charge is 2.49. The van der Waals surface area contributed by atoms with Gasteiger partial charge in [-0.1, -0.05) is 30.3 Å². The van der Waals surface area contributed by atoms with Crippen LogP contribution >= 0.6 is 0 Å². The Kier molecular flexibility index (Phi) is 3.31. The Bertz CT molecular complexity index is 332. The lowest BCUT2D eigenvalue weighted by Gasteiger charge is -2.23. The molecule has 3 unspecified atom stereocenters. The van der Waals surface area contributed by atoms with Crippen LogP contribution in [-0.4, -0.2) is 23.9 Å². The van der Waals surface area contributed by atoms with Gasteiger partial charge in [0.1, 0.15) is 0 Å². The molecule has 0 bridgehead atoms. The van der Waals surface area contributed by atoms with Gasteiger partial charge in [0.15, 0.2) is 0 Å². The maximum Gasteiger partial charge on any atom is 0.0886 e.